The maximum Gasteiger partial charge on any atom is 0.271 e. The first-order chi connectivity index (χ1) is 9.20. The Labute approximate surface area is 111 Å². The van der Waals surface area contributed by atoms with E-state index in [4.69, 9.17) is 4.74 Å². The molecule has 1 amide bonds. The standard InChI is InChI=1S/C14H15N3O2/c1-17-9-3-4-12(17)10-15-16-14(18)11-5-7-13(19-2)8-6-11/h3-10H,1-2H3,(H,16,18). The van der Waals surface area contributed by atoms with Gasteiger partial charge in [0.25, 0.3) is 5.91 Å². The van der Waals surface area contributed by atoms with Gasteiger partial charge in [-0.2, -0.15) is 5.10 Å². The molecule has 1 heterocycles. The number of hydrogen-bond acceptors (Lipinski definition) is 3. The topological polar surface area (TPSA) is 55.6 Å². The molecule has 5 nitrogen and oxygen atoms in total. The Morgan fingerprint density at radius 1 is 1.32 bits per heavy atom. The predicted octanol–water partition coefficient (Wildman–Crippen LogP) is 1.80. The Bertz CT molecular complexity index is 585. The summed E-state index contributed by atoms with van der Waals surface area (Å²) in [5.41, 5.74) is 3.92. The molecule has 0 bridgehead atoms. The molecule has 0 atom stereocenters. The Kier molecular flexibility index (Phi) is 3.97. The molecule has 1 aromatic heterocycles. The summed E-state index contributed by atoms with van der Waals surface area (Å²) in [6.07, 6.45) is 3.51. The molecule has 0 unspecified atom stereocenters. The van der Waals surface area contributed by atoms with Crippen molar-refractivity contribution in [3.05, 3.63) is 53.9 Å². The van der Waals surface area contributed by atoms with Gasteiger partial charge in [-0.3, -0.25) is 4.79 Å². The molecule has 1 aromatic carbocycles. The zero-order valence-electron chi connectivity index (χ0n) is 10.8. The minimum absolute atomic E-state index is 0.256. The number of aryl methyl sites for hydroxylation is 1. The smallest absolute Gasteiger partial charge is 0.271 e. The third-order valence-electron chi connectivity index (χ3n) is 2.70. The van der Waals surface area contributed by atoms with Gasteiger partial charge in [-0.15, -0.1) is 0 Å². The van der Waals surface area contributed by atoms with Crippen LogP contribution >= 0.6 is 0 Å². The van der Waals surface area contributed by atoms with Gasteiger partial charge in [-0.25, -0.2) is 5.43 Å². The second-order valence-electron chi connectivity index (χ2n) is 3.97. The fraction of sp³-hybridized carbons (Fsp3) is 0.143. The number of benzene rings is 1. The van der Waals surface area contributed by atoms with E-state index in [1.54, 1.807) is 37.6 Å². The lowest BCUT2D eigenvalue weighted by atomic mass is 10.2. The Morgan fingerprint density at radius 3 is 2.63 bits per heavy atom. The van der Waals surface area contributed by atoms with Crippen LogP contribution in [0, 0.1) is 0 Å². The zero-order chi connectivity index (χ0) is 13.7. The lowest BCUT2D eigenvalue weighted by Crippen LogP contribution is -2.17. The minimum atomic E-state index is -0.256. The SMILES string of the molecule is COc1ccc(C(=O)NN=Cc2cccn2C)cc1. The van der Waals surface area contributed by atoms with Crippen LogP contribution in [0.2, 0.25) is 0 Å². The Hall–Kier alpha value is -2.56. The van der Waals surface area contributed by atoms with Crippen LogP contribution in [0.1, 0.15) is 16.1 Å². The summed E-state index contributed by atoms with van der Waals surface area (Å²) in [6, 6.07) is 10.7. The van der Waals surface area contributed by atoms with E-state index < -0.39 is 0 Å². The summed E-state index contributed by atoms with van der Waals surface area (Å²) >= 11 is 0. The van der Waals surface area contributed by atoms with Gasteiger partial charge in [0, 0.05) is 18.8 Å². The molecule has 0 aliphatic carbocycles. The van der Waals surface area contributed by atoms with Gasteiger partial charge in [0.1, 0.15) is 5.75 Å². The van der Waals surface area contributed by atoms with Gasteiger partial charge in [0.05, 0.1) is 19.0 Å². The highest BCUT2D eigenvalue weighted by Gasteiger charge is 2.03. The second kappa shape index (κ2) is 5.86. The van der Waals surface area contributed by atoms with Crippen LogP contribution in [-0.2, 0) is 7.05 Å². The van der Waals surface area contributed by atoms with E-state index in [2.05, 4.69) is 10.5 Å². The van der Waals surface area contributed by atoms with E-state index in [1.807, 2.05) is 29.9 Å². The summed E-state index contributed by atoms with van der Waals surface area (Å²) in [6.45, 7) is 0. The quantitative estimate of drug-likeness (QED) is 0.670. The lowest BCUT2D eigenvalue weighted by Gasteiger charge is -2.02. The van der Waals surface area contributed by atoms with Crippen molar-refractivity contribution in [1.82, 2.24) is 9.99 Å². The van der Waals surface area contributed by atoms with E-state index in [-0.39, 0.29) is 5.91 Å². The highest BCUT2D eigenvalue weighted by molar-refractivity contribution is 5.94. The molecule has 0 aliphatic heterocycles. The molecular weight excluding hydrogens is 242 g/mol. The van der Waals surface area contributed by atoms with Crippen LogP contribution in [0.15, 0.2) is 47.7 Å². The number of carbonyl (C=O) groups is 1. The molecule has 0 saturated heterocycles. The van der Waals surface area contributed by atoms with Crippen LogP contribution in [0.5, 0.6) is 5.75 Å². The maximum atomic E-state index is 11.8. The highest BCUT2D eigenvalue weighted by atomic mass is 16.5. The Balaban J connectivity index is 1.97. The van der Waals surface area contributed by atoms with Crippen molar-refractivity contribution in [2.75, 3.05) is 7.11 Å². The molecule has 2 rings (SSSR count). The average molecular weight is 257 g/mol. The predicted molar refractivity (Wildman–Crippen MR) is 73.5 cm³/mol. The maximum absolute atomic E-state index is 11.8. The van der Waals surface area contributed by atoms with Crippen LogP contribution in [-0.4, -0.2) is 23.8 Å². The van der Waals surface area contributed by atoms with E-state index in [0.29, 0.717) is 11.3 Å². The third-order valence-corrected chi connectivity index (χ3v) is 2.70. The summed E-state index contributed by atoms with van der Waals surface area (Å²) in [4.78, 5) is 11.8. The first kappa shape index (κ1) is 12.9. The summed E-state index contributed by atoms with van der Waals surface area (Å²) in [5, 5.41) is 3.92. The Morgan fingerprint density at radius 2 is 2.05 bits per heavy atom. The van der Waals surface area contributed by atoms with E-state index >= 15 is 0 Å². The largest absolute Gasteiger partial charge is 0.497 e. The molecule has 1 N–H and O–H groups in total. The molecule has 0 saturated carbocycles. The van der Waals surface area contributed by atoms with Crippen molar-refractivity contribution in [2.45, 2.75) is 0 Å². The van der Waals surface area contributed by atoms with Crippen molar-refractivity contribution in [1.29, 1.82) is 0 Å². The van der Waals surface area contributed by atoms with Gasteiger partial charge >= 0.3 is 0 Å². The van der Waals surface area contributed by atoms with E-state index in [1.165, 1.54) is 0 Å². The van der Waals surface area contributed by atoms with Crippen molar-refractivity contribution < 1.29 is 9.53 Å². The number of hydrazone groups is 1. The summed E-state index contributed by atoms with van der Waals surface area (Å²) in [7, 11) is 3.49. The van der Waals surface area contributed by atoms with Crippen molar-refractivity contribution >= 4 is 12.1 Å². The second-order valence-corrected chi connectivity index (χ2v) is 3.97. The fourth-order valence-corrected chi connectivity index (χ4v) is 1.57. The number of methoxy groups -OCH3 is 1. The first-order valence-electron chi connectivity index (χ1n) is 5.79. The van der Waals surface area contributed by atoms with Crippen LogP contribution in [0.3, 0.4) is 0 Å². The van der Waals surface area contributed by atoms with Gasteiger partial charge in [0.2, 0.25) is 0 Å². The molecule has 98 valence electrons. The van der Waals surface area contributed by atoms with Gasteiger partial charge in [-0.1, -0.05) is 0 Å². The van der Waals surface area contributed by atoms with E-state index in [0.717, 1.165) is 5.69 Å². The minimum Gasteiger partial charge on any atom is -0.497 e. The number of amides is 1. The van der Waals surface area contributed by atoms with Gasteiger partial charge in [0.15, 0.2) is 0 Å². The molecule has 0 aliphatic rings. The fourth-order valence-electron chi connectivity index (χ4n) is 1.57. The molecule has 0 fully saturated rings. The number of carbonyl (C=O) groups excluding carboxylic acids is 1. The van der Waals surface area contributed by atoms with Crippen molar-refractivity contribution in [2.24, 2.45) is 12.1 Å². The van der Waals surface area contributed by atoms with Gasteiger partial charge < -0.3 is 9.30 Å². The number of ether oxygens (including phenoxy) is 1. The number of hydrogen-bond donors (Lipinski definition) is 1. The lowest BCUT2D eigenvalue weighted by molar-refractivity contribution is 0.0955. The number of aromatic nitrogens is 1. The van der Waals surface area contributed by atoms with Crippen LogP contribution < -0.4 is 10.2 Å². The zero-order valence-corrected chi connectivity index (χ0v) is 10.8. The highest BCUT2D eigenvalue weighted by Crippen LogP contribution is 2.10. The number of rotatable bonds is 4. The number of nitrogens with one attached hydrogen (secondary N) is 1. The summed E-state index contributed by atoms with van der Waals surface area (Å²) < 4.78 is 6.93. The molecule has 0 spiro atoms. The third kappa shape index (κ3) is 3.22. The van der Waals surface area contributed by atoms with Crippen molar-refractivity contribution in [3.63, 3.8) is 0 Å². The van der Waals surface area contributed by atoms with Crippen LogP contribution in [0.4, 0.5) is 0 Å². The first-order valence-corrected chi connectivity index (χ1v) is 5.79. The molecule has 2 aromatic rings. The van der Waals surface area contributed by atoms with Crippen molar-refractivity contribution in [3.8, 4) is 5.75 Å². The summed E-state index contributed by atoms with van der Waals surface area (Å²) in [5.74, 6) is 0.456. The van der Waals surface area contributed by atoms with Crippen LogP contribution in [0.25, 0.3) is 0 Å². The molecule has 0 radical (unpaired) electrons. The monoisotopic (exact) mass is 257 g/mol. The number of nitrogens with zero attached hydrogens (tertiary/aromatic N) is 2. The normalized spacial score (nSPS) is 10.6. The molecular formula is C14H15N3O2. The molecule has 5 heteroatoms. The van der Waals surface area contributed by atoms with Gasteiger partial charge in [-0.05, 0) is 36.4 Å². The molecule has 19 heavy (non-hydrogen) atoms. The van der Waals surface area contributed by atoms with E-state index in [9.17, 15) is 4.79 Å². The average Bonchev–Trinajstić information content (AvgIpc) is 2.84.